The molecule has 3 fully saturated rings. The third-order valence-corrected chi connectivity index (χ3v) is 10.2. The summed E-state index contributed by atoms with van der Waals surface area (Å²) < 4.78 is 6.15. The van der Waals surface area contributed by atoms with Gasteiger partial charge in [0.2, 0.25) is 0 Å². The molecule has 5 rings (SSSR count). The molecule has 0 spiro atoms. The number of Topliss-reactive ketones (excluding diaryl/α,β-unsaturated/α-hetero) is 1. The zero-order chi connectivity index (χ0) is 24.5. The molecule has 0 heterocycles. The van der Waals surface area contributed by atoms with Crippen molar-refractivity contribution in [2.24, 2.45) is 22.7 Å². The maximum Gasteiger partial charge on any atom is 0.338 e. The Morgan fingerprint density at radius 3 is 2.44 bits per heavy atom. The fraction of sp³-hybridized carbons (Fsp3) is 0.643. The van der Waals surface area contributed by atoms with Gasteiger partial charge >= 0.3 is 5.97 Å². The number of aliphatic hydroxyl groups excluding tert-OH is 1. The zero-order valence-electron chi connectivity index (χ0n) is 20.3. The highest BCUT2D eigenvalue weighted by atomic mass is 16.5. The van der Waals surface area contributed by atoms with Crippen molar-refractivity contribution < 1.29 is 29.6 Å². The molecule has 6 heteroatoms. The normalized spacial score (nSPS) is 45.4. The summed E-state index contributed by atoms with van der Waals surface area (Å²) in [6, 6.07) is 8.76. The number of ketones is 1. The Morgan fingerprint density at radius 2 is 1.76 bits per heavy atom. The lowest BCUT2D eigenvalue weighted by atomic mass is 9.43. The van der Waals surface area contributed by atoms with Crippen LogP contribution in [-0.4, -0.2) is 50.5 Å². The molecule has 3 N–H and O–H groups in total. The molecule has 4 aliphatic rings. The number of aliphatic hydroxyl groups is 3. The van der Waals surface area contributed by atoms with Gasteiger partial charge in [-0.2, -0.15) is 0 Å². The minimum Gasteiger partial charge on any atom is -0.458 e. The summed E-state index contributed by atoms with van der Waals surface area (Å²) in [5.41, 5.74) is -3.02. The molecular weight excluding hydrogens is 432 g/mol. The first-order valence-corrected chi connectivity index (χ1v) is 12.6. The van der Waals surface area contributed by atoms with Crippen LogP contribution < -0.4 is 0 Å². The van der Waals surface area contributed by atoms with E-state index in [1.54, 1.807) is 24.3 Å². The molecule has 3 saturated carbocycles. The van der Waals surface area contributed by atoms with Crippen molar-refractivity contribution in [2.45, 2.75) is 89.1 Å². The number of carbonyl (C=O) groups excluding carboxylic acids is 2. The Balaban J connectivity index is 1.61. The van der Waals surface area contributed by atoms with E-state index in [4.69, 9.17) is 4.74 Å². The van der Waals surface area contributed by atoms with Crippen LogP contribution in [0.3, 0.4) is 0 Å². The SMILES string of the molecule is CC(=O)[C@H]1CC[C@@]2(O)[C@]1(C)[C@H](OC(=O)c1ccccc1)C[C@@H]1[C@@]3(C)CC[C@H](O)CC3=CC[C@]12O. The fourth-order valence-electron chi connectivity index (χ4n) is 8.20. The van der Waals surface area contributed by atoms with E-state index in [0.717, 1.165) is 5.57 Å². The largest absolute Gasteiger partial charge is 0.458 e. The molecule has 1 aromatic carbocycles. The van der Waals surface area contributed by atoms with Crippen LogP contribution in [0.5, 0.6) is 0 Å². The van der Waals surface area contributed by atoms with Gasteiger partial charge in [0.05, 0.1) is 11.7 Å². The summed E-state index contributed by atoms with van der Waals surface area (Å²) in [6.45, 7) is 5.46. The first-order chi connectivity index (χ1) is 16.0. The Hall–Kier alpha value is -2.02. The minimum absolute atomic E-state index is 0.0553. The summed E-state index contributed by atoms with van der Waals surface area (Å²) in [6.07, 6.45) is 4.11. The van der Waals surface area contributed by atoms with Gasteiger partial charge in [0.1, 0.15) is 23.1 Å². The van der Waals surface area contributed by atoms with Crippen molar-refractivity contribution in [3.8, 4) is 0 Å². The number of hydrogen-bond donors (Lipinski definition) is 3. The maximum atomic E-state index is 13.2. The third kappa shape index (κ3) is 2.98. The smallest absolute Gasteiger partial charge is 0.338 e. The van der Waals surface area contributed by atoms with Crippen molar-refractivity contribution in [2.75, 3.05) is 0 Å². The van der Waals surface area contributed by atoms with Gasteiger partial charge in [0.15, 0.2) is 0 Å². The lowest BCUT2D eigenvalue weighted by molar-refractivity contribution is -0.297. The maximum absolute atomic E-state index is 13.2. The number of rotatable bonds is 3. The molecule has 0 aromatic heterocycles. The second kappa shape index (κ2) is 7.74. The van der Waals surface area contributed by atoms with Crippen molar-refractivity contribution in [3.05, 3.63) is 47.5 Å². The van der Waals surface area contributed by atoms with Crippen molar-refractivity contribution in [1.82, 2.24) is 0 Å². The summed E-state index contributed by atoms with van der Waals surface area (Å²) >= 11 is 0. The van der Waals surface area contributed by atoms with Crippen LogP contribution in [-0.2, 0) is 9.53 Å². The first kappa shape index (κ1) is 23.7. The van der Waals surface area contributed by atoms with Crippen LogP contribution in [0.2, 0.25) is 0 Å². The van der Waals surface area contributed by atoms with Crippen LogP contribution in [0.4, 0.5) is 0 Å². The standard InChI is InChI=1S/C28H36O6/c1-17(29)21-11-14-28(33)26(21,3)23(34-24(31)18-7-5-4-6-8-18)16-22-25(2)12-10-20(30)15-19(25)9-13-27(22,28)32/h4-9,20-23,30,32-33H,10-16H2,1-3H3/t20-,21+,22+,23+,25-,26-,27-,28+/m0/s1. The van der Waals surface area contributed by atoms with E-state index in [9.17, 15) is 24.9 Å². The van der Waals surface area contributed by atoms with Crippen LogP contribution >= 0.6 is 0 Å². The monoisotopic (exact) mass is 468 g/mol. The molecular formula is C28H36O6. The average molecular weight is 469 g/mol. The van der Waals surface area contributed by atoms with E-state index in [1.807, 2.05) is 19.1 Å². The topological polar surface area (TPSA) is 104 Å². The zero-order valence-corrected chi connectivity index (χ0v) is 20.3. The van der Waals surface area contributed by atoms with Gasteiger partial charge in [-0.1, -0.05) is 43.7 Å². The Kier molecular flexibility index (Phi) is 5.40. The molecule has 0 amide bonds. The van der Waals surface area contributed by atoms with E-state index in [2.05, 4.69) is 6.92 Å². The lowest BCUT2D eigenvalue weighted by Gasteiger charge is -2.66. The summed E-state index contributed by atoms with van der Waals surface area (Å²) in [7, 11) is 0. The van der Waals surface area contributed by atoms with E-state index < -0.39 is 46.1 Å². The summed E-state index contributed by atoms with van der Waals surface area (Å²) in [5, 5.41) is 35.0. The van der Waals surface area contributed by atoms with Crippen LogP contribution in [0.1, 0.15) is 76.1 Å². The second-order valence-corrected chi connectivity index (χ2v) is 11.6. The van der Waals surface area contributed by atoms with Gasteiger partial charge in [0, 0.05) is 17.3 Å². The summed E-state index contributed by atoms with van der Waals surface area (Å²) in [4.78, 5) is 25.9. The number of ether oxygens (including phenoxy) is 1. The average Bonchev–Trinajstić information content (AvgIpc) is 3.10. The fourth-order valence-corrected chi connectivity index (χ4v) is 8.20. The predicted octanol–water partition coefficient (Wildman–Crippen LogP) is 3.58. The van der Waals surface area contributed by atoms with Gasteiger partial charge in [-0.25, -0.2) is 4.79 Å². The van der Waals surface area contributed by atoms with E-state index in [0.29, 0.717) is 37.7 Å². The quantitative estimate of drug-likeness (QED) is 0.463. The third-order valence-electron chi connectivity index (χ3n) is 10.2. The van der Waals surface area contributed by atoms with Gasteiger partial charge in [0.25, 0.3) is 0 Å². The molecule has 0 saturated heterocycles. The summed E-state index contributed by atoms with van der Waals surface area (Å²) in [5.74, 6) is -1.41. The number of carbonyl (C=O) groups is 2. The molecule has 0 unspecified atom stereocenters. The van der Waals surface area contributed by atoms with Crippen LogP contribution in [0.25, 0.3) is 0 Å². The first-order valence-electron chi connectivity index (χ1n) is 12.6. The van der Waals surface area contributed by atoms with Gasteiger partial charge < -0.3 is 20.1 Å². The molecule has 184 valence electrons. The lowest BCUT2D eigenvalue weighted by Crippen LogP contribution is -2.75. The Bertz CT molecular complexity index is 1030. The number of benzene rings is 1. The molecule has 34 heavy (non-hydrogen) atoms. The molecule has 0 bridgehead atoms. The highest BCUT2D eigenvalue weighted by Gasteiger charge is 2.77. The van der Waals surface area contributed by atoms with Gasteiger partial charge in [-0.3, -0.25) is 4.79 Å². The van der Waals surface area contributed by atoms with E-state index in [-0.39, 0.29) is 24.5 Å². The molecule has 0 aliphatic heterocycles. The van der Waals surface area contributed by atoms with E-state index >= 15 is 0 Å². The predicted molar refractivity (Wildman–Crippen MR) is 126 cm³/mol. The van der Waals surface area contributed by atoms with Crippen molar-refractivity contribution in [1.29, 1.82) is 0 Å². The molecule has 1 aromatic rings. The number of esters is 1. The molecule has 6 nitrogen and oxygen atoms in total. The van der Waals surface area contributed by atoms with Crippen molar-refractivity contribution in [3.63, 3.8) is 0 Å². The minimum atomic E-state index is -1.58. The van der Waals surface area contributed by atoms with E-state index in [1.165, 1.54) is 6.92 Å². The Morgan fingerprint density at radius 1 is 1.06 bits per heavy atom. The van der Waals surface area contributed by atoms with Crippen molar-refractivity contribution >= 4 is 11.8 Å². The Labute approximate surface area is 201 Å². The number of hydrogen-bond acceptors (Lipinski definition) is 6. The second-order valence-electron chi connectivity index (χ2n) is 11.6. The highest BCUT2D eigenvalue weighted by molar-refractivity contribution is 5.89. The van der Waals surface area contributed by atoms with Gasteiger partial charge in [-0.05, 0) is 69.4 Å². The van der Waals surface area contributed by atoms with Gasteiger partial charge in [-0.15, -0.1) is 0 Å². The molecule has 0 radical (unpaired) electrons. The van der Waals surface area contributed by atoms with Crippen LogP contribution in [0, 0.1) is 22.7 Å². The highest BCUT2D eigenvalue weighted by Crippen LogP contribution is 2.70. The molecule has 4 aliphatic carbocycles. The molecule has 8 atom stereocenters. The number of fused-ring (bicyclic) bond motifs is 5. The van der Waals surface area contributed by atoms with Crippen LogP contribution in [0.15, 0.2) is 42.0 Å².